The summed E-state index contributed by atoms with van der Waals surface area (Å²) in [4.78, 5) is 17.3. The minimum atomic E-state index is -0.505. The van der Waals surface area contributed by atoms with Gasteiger partial charge >= 0.3 is 5.97 Å². The lowest BCUT2D eigenvalue weighted by molar-refractivity contribution is -0.146. The standard InChI is InChI=1S/C14H17BrN2O3S/c1-4-19-14(18)9(7-8(2)3)13-16-12(17-20-13)10-5-6-11(15)21-10/h5-6,8-9H,4,7H2,1-3H3. The molecule has 1 atom stereocenters. The van der Waals surface area contributed by atoms with Crippen molar-refractivity contribution in [1.29, 1.82) is 0 Å². The molecule has 0 spiro atoms. The van der Waals surface area contributed by atoms with Gasteiger partial charge in [0.15, 0.2) is 0 Å². The second kappa shape index (κ2) is 7.17. The highest BCUT2D eigenvalue weighted by Gasteiger charge is 2.29. The summed E-state index contributed by atoms with van der Waals surface area (Å²) in [6.45, 7) is 6.21. The molecule has 7 heteroatoms. The third-order valence-corrected chi connectivity index (χ3v) is 4.43. The molecule has 0 bridgehead atoms. The molecular formula is C14H17BrN2O3S. The zero-order valence-corrected chi connectivity index (χ0v) is 14.5. The molecule has 0 fully saturated rings. The summed E-state index contributed by atoms with van der Waals surface area (Å²) < 4.78 is 11.4. The Bertz CT molecular complexity index is 609. The number of carbonyl (C=O) groups excluding carboxylic acids is 1. The summed E-state index contributed by atoms with van der Waals surface area (Å²) >= 11 is 4.91. The van der Waals surface area contributed by atoms with Crippen molar-refractivity contribution in [3.05, 3.63) is 21.8 Å². The normalized spacial score (nSPS) is 12.6. The molecule has 2 heterocycles. The van der Waals surface area contributed by atoms with Crippen LogP contribution in [0.5, 0.6) is 0 Å². The van der Waals surface area contributed by atoms with Gasteiger partial charge in [0.05, 0.1) is 15.3 Å². The fourth-order valence-electron chi connectivity index (χ4n) is 1.92. The van der Waals surface area contributed by atoms with Crippen LogP contribution >= 0.6 is 27.3 Å². The molecule has 0 amide bonds. The van der Waals surface area contributed by atoms with Gasteiger partial charge in [-0.2, -0.15) is 4.98 Å². The van der Waals surface area contributed by atoms with E-state index in [4.69, 9.17) is 9.26 Å². The molecule has 114 valence electrons. The Labute approximate surface area is 135 Å². The monoisotopic (exact) mass is 372 g/mol. The van der Waals surface area contributed by atoms with Crippen molar-refractivity contribution in [3.8, 4) is 10.7 Å². The predicted octanol–water partition coefficient (Wildman–Crippen LogP) is 4.25. The van der Waals surface area contributed by atoms with Gasteiger partial charge < -0.3 is 9.26 Å². The van der Waals surface area contributed by atoms with Crippen LogP contribution in [0, 0.1) is 5.92 Å². The van der Waals surface area contributed by atoms with Crippen LogP contribution in [-0.4, -0.2) is 22.7 Å². The van der Waals surface area contributed by atoms with Crippen molar-refractivity contribution in [2.24, 2.45) is 5.92 Å². The van der Waals surface area contributed by atoms with Crippen molar-refractivity contribution < 1.29 is 14.1 Å². The molecule has 1 unspecified atom stereocenters. The molecule has 0 saturated heterocycles. The molecule has 0 radical (unpaired) electrons. The van der Waals surface area contributed by atoms with Crippen LogP contribution in [0.3, 0.4) is 0 Å². The van der Waals surface area contributed by atoms with Crippen molar-refractivity contribution in [2.45, 2.75) is 33.1 Å². The summed E-state index contributed by atoms with van der Waals surface area (Å²) in [5, 5.41) is 3.97. The Morgan fingerprint density at radius 1 is 1.48 bits per heavy atom. The summed E-state index contributed by atoms with van der Waals surface area (Å²) in [5.74, 6) is 0.328. The van der Waals surface area contributed by atoms with E-state index in [9.17, 15) is 4.79 Å². The van der Waals surface area contributed by atoms with Crippen LogP contribution in [0.15, 0.2) is 20.4 Å². The van der Waals surface area contributed by atoms with Gasteiger partial charge in [0, 0.05) is 0 Å². The number of hydrogen-bond donors (Lipinski definition) is 0. The number of aromatic nitrogens is 2. The second-order valence-corrected chi connectivity index (χ2v) is 7.46. The quantitative estimate of drug-likeness (QED) is 0.708. The third-order valence-electron chi connectivity index (χ3n) is 2.81. The van der Waals surface area contributed by atoms with Crippen LogP contribution in [0.4, 0.5) is 0 Å². The number of halogens is 1. The van der Waals surface area contributed by atoms with Crippen molar-refractivity contribution in [2.75, 3.05) is 6.61 Å². The molecule has 5 nitrogen and oxygen atoms in total. The van der Waals surface area contributed by atoms with Gasteiger partial charge in [0.2, 0.25) is 11.7 Å². The fraction of sp³-hybridized carbons (Fsp3) is 0.500. The first-order valence-electron chi connectivity index (χ1n) is 6.77. The zero-order chi connectivity index (χ0) is 15.4. The van der Waals surface area contributed by atoms with Crippen LogP contribution in [0.1, 0.15) is 39.0 Å². The molecule has 0 aliphatic heterocycles. The van der Waals surface area contributed by atoms with E-state index >= 15 is 0 Å². The van der Waals surface area contributed by atoms with E-state index in [0.717, 1.165) is 8.66 Å². The molecule has 0 aliphatic rings. The Morgan fingerprint density at radius 2 is 2.24 bits per heavy atom. The minimum Gasteiger partial charge on any atom is -0.465 e. The molecule has 21 heavy (non-hydrogen) atoms. The predicted molar refractivity (Wildman–Crippen MR) is 84.1 cm³/mol. The van der Waals surface area contributed by atoms with Gasteiger partial charge in [-0.1, -0.05) is 19.0 Å². The van der Waals surface area contributed by atoms with Crippen molar-refractivity contribution in [3.63, 3.8) is 0 Å². The zero-order valence-electron chi connectivity index (χ0n) is 12.1. The maximum absolute atomic E-state index is 12.1. The van der Waals surface area contributed by atoms with E-state index in [1.54, 1.807) is 6.92 Å². The average Bonchev–Trinajstić information content (AvgIpc) is 3.04. The summed E-state index contributed by atoms with van der Waals surface area (Å²) in [5.41, 5.74) is 0. The van der Waals surface area contributed by atoms with Gasteiger partial charge in [-0.15, -0.1) is 11.3 Å². The second-order valence-electron chi connectivity index (χ2n) is 4.99. The summed E-state index contributed by atoms with van der Waals surface area (Å²) in [7, 11) is 0. The molecule has 2 aromatic rings. The molecular weight excluding hydrogens is 356 g/mol. The maximum Gasteiger partial charge on any atom is 0.318 e. The largest absolute Gasteiger partial charge is 0.465 e. The van der Waals surface area contributed by atoms with E-state index in [1.165, 1.54) is 11.3 Å². The number of nitrogens with zero attached hydrogens (tertiary/aromatic N) is 2. The van der Waals surface area contributed by atoms with Crippen LogP contribution in [-0.2, 0) is 9.53 Å². The average molecular weight is 373 g/mol. The van der Waals surface area contributed by atoms with Gasteiger partial charge in [-0.25, -0.2) is 0 Å². The van der Waals surface area contributed by atoms with Crippen molar-refractivity contribution >= 4 is 33.2 Å². The van der Waals surface area contributed by atoms with Crippen LogP contribution < -0.4 is 0 Å². The fourth-order valence-corrected chi connectivity index (χ4v) is 3.24. The number of carbonyl (C=O) groups is 1. The number of hydrogen-bond acceptors (Lipinski definition) is 6. The van der Waals surface area contributed by atoms with E-state index in [0.29, 0.717) is 30.7 Å². The highest BCUT2D eigenvalue weighted by atomic mass is 79.9. The van der Waals surface area contributed by atoms with Gasteiger partial charge in [-0.05, 0) is 47.3 Å². The Balaban J connectivity index is 2.24. The van der Waals surface area contributed by atoms with Crippen LogP contribution in [0.2, 0.25) is 0 Å². The van der Waals surface area contributed by atoms with Crippen LogP contribution in [0.25, 0.3) is 10.7 Å². The molecule has 2 aromatic heterocycles. The van der Waals surface area contributed by atoms with Gasteiger partial charge in [0.25, 0.3) is 0 Å². The van der Waals surface area contributed by atoms with E-state index in [2.05, 4.69) is 26.1 Å². The van der Waals surface area contributed by atoms with Gasteiger partial charge in [0.1, 0.15) is 5.92 Å². The Hall–Kier alpha value is -1.21. The van der Waals surface area contributed by atoms with Crippen molar-refractivity contribution in [1.82, 2.24) is 10.1 Å². The first-order chi connectivity index (χ1) is 10.0. The highest BCUT2D eigenvalue weighted by Crippen LogP contribution is 2.31. The van der Waals surface area contributed by atoms with E-state index < -0.39 is 5.92 Å². The highest BCUT2D eigenvalue weighted by molar-refractivity contribution is 9.11. The first-order valence-corrected chi connectivity index (χ1v) is 8.38. The smallest absolute Gasteiger partial charge is 0.318 e. The lowest BCUT2D eigenvalue weighted by Crippen LogP contribution is -2.18. The SMILES string of the molecule is CCOC(=O)C(CC(C)C)c1nc(-c2ccc(Br)s2)no1. The summed E-state index contributed by atoms with van der Waals surface area (Å²) in [6.07, 6.45) is 0.620. The minimum absolute atomic E-state index is 0.311. The Morgan fingerprint density at radius 3 is 2.81 bits per heavy atom. The Kier molecular flexibility index (Phi) is 5.52. The van der Waals surface area contributed by atoms with E-state index in [1.807, 2.05) is 26.0 Å². The molecule has 0 saturated carbocycles. The van der Waals surface area contributed by atoms with Gasteiger partial charge in [-0.3, -0.25) is 4.79 Å². The number of esters is 1. The first kappa shape index (κ1) is 16.2. The van der Waals surface area contributed by atoms with E-state index in [-0.39, 0.29) is 5.97 Å². The maximum atomic E-state index is 12.1. The molecule has 2 rings (SSSR count). The number of thiophene rings is 1. The third kappa shape index (κ3) is 4.14. The topological polar surface area (TPSA) is 65.2 Å². The lowest BCUT2D eigenvalue weighted by atomic mass is 9.97. The number of ether oxygens (including phenoxy) is 1. The lowest BCUT2D eigenvalue weighted by Gasteiger charge is -2.13. The molecule has 0 aromatic carbocycles. The summed E-state index contributed by atoms with van der Waals surface area (Å²) in [6, 6.07) is 3.83. The molecule has 0 N–H and O–H groups in total. The number of rotatable bonds is 6. The molecule has 0 aliphatic carbocycles.